The largest absolute Gasteiger partial charge is 0.337 e. The Kier molecular flexibility index (Phi) is 3.23. The van der Waals surface area contributed by atoms with Crippen LogP contribution in [0.5, 0.6) is 0 Å². The number of fused-ring (bicyclic) bond motifs is 1. The summed E-state index contributed by atoms with van der Waals surface area (Å²) in [6, 6.07) is 6.34. The minimum atomic E-state index is -0.654. The first kappa shape index (κ1) is 13.0. The van der Waals surface area contributed by atoms with Crippen LogP contribution in [0.15, 0.2) is 43.0 Å². The molecule has 0 saturated heterocycles. The van der Waals surface area contributed by atoms with Crippen molar-refractivity contribution in [3.8, 4) is 0 Å². The van der Waals surface area contributed by atoms with Gasteiger partial charge >= 0.3 is 5.97 Å². The summed E-state index contributed by atoms with van der Waals surface area (Å²) in [7, 11) is 0. The third kappa shape index (κ3) is 2.40. The Balaban J connectivity index is 1.65. The van der Waals surface area contributed by atoms with Crippen LogP contribution in [0, 0.1) is 0 Å². The van der Waals surface area contributed by atoms with E-state index in [2.05, 4.69) is 4.98 Å². The molecule has 0 bridgehead atoms. The van der Waals surface area contributed by atoms with Gasteiger partial charge in [0.25, 0.3) is 11.8 Å². The molecule has 7 heteroatoms. The molecule has 0 saturated carbocycles. The molecule has 1 aliphatic rings. The van der Waals surface area contributed by atoms with E-state index in [-0.39, 0.29) is 17.5 Å². The van der Waals surface area contributed by atoms with Gasteiger partial charge < -0.3 is 9.40 Å². The van der Waals surface area contributed by atoms with Crippen molar-refractivity contribution in [1.82, 2.24) is 14.6 Å². The Morgan fingerprint density at radius 1 is 1.14 bits per heavy atom. The molecule has 106 valence electrons. The quantitative estimate of drug-likeness (QED) is 0.784. The van der Waals surface area contributed by atoms with Gasteiger partial charge in [-0.2, -0.15) is 0 Å². The molecule has 2 aromatic rings. The number of amides is 2. The Morgan fingerprint density at radius 3 is 2.38 bits per heavy atom. The van der Waals surface area contributed by atoms with Crippen molar-refractivity contribution >= 4 is 17.8 Å². The summed E-state index contributed by atoms with van der Waals surface area (Å²) >= 11 is 0. The monoisotopic (exact) mass is 285 g/mol. The van der Waals surface area contributed by atoms with Gasteiger partial charge in [-0.05, 0) is 12.1 Å². The van der Waals surface area contributed by atoms with Gasteiger partial charge in [0, 0.05) is 18.9 Å². The van der Waals surface area contributed by atoms with Crippen molar-refractivity contribution in [2.75, 3.05) is 0 Å². The number of imide groups is 1. The number of carbonyl (C=O) groups is 3. The smallest absolute Gasteiger partial charge is 0.335 e. The number of aromatic nitrogens is 2. The molecule has 0 N–H and O–H groups in total. The molecule has 0 aliphatic carbocycles. The average Bonchev–Trinajstić information content (AvgIpc) is 3.09. The second kappa shape index (κ2) is 5.20. The summed E-state index contributed by atoms with van der Waals surface area (Å²) in [6.07, 6.45) is 4.89. The molecule has 1 aromatic carbocycles. The number of imidazole rings is 1. The van der Waals surface area contributed by atoms with E-state index < -0.39 is 17.8 Å². The van der Waals surface area contributed by atoms with Gasteiger partial charge in [0.1, 0.15) is 0 Å². The third-order valence-corrected chi connectivity index (χ3v) is 3.08. The lowest BCUT2D eigenvalue weighted by atomic mass is 10.1. The van der Waals surface area contributed by atoms with Gasteiger partial charge in [0.05, 0.1) is 23.9 Å². The first-order valence-corrected chi connectivity index (χ1v) is 6.31. The summed E-state index contributed by atoms with van der Waals surface area (Å²) in [5.74, 6) is -1.89. The third-order valence-electron chi connectivity index (χ3n) is 3.08. The molecule has 0 atom stereocenters. The van der Waals surface area contributed by atoms with Crippen molar-refractivity contribution in [2.24, 2.45) is 0 Å². The van der Waals surface area contributed by atoms with E-state index in [9.17, 15) is 14.4 Å². The number of hydrogen-bond acceptors (Lipinski definition) is 5. The van der Waals surface area contributed by atoms with Crippen LogP contribution in [0.2, 0.25) is 0 Å². The summed E-state index contributed by atoms with van der Waals surface area (Å²) in [6.45, 7) is 0.363. The zero-order chi connectivity index (χ0) is 14.8. The lowest BCUT2D eigenvalue weighted by molar-refractivity contribution is -0.168. The van der Waals surface area contributed by atoms with Gasteiger partial charge in [0.15, 0.2) is 0 Å². The molecule has 0 spiro atoms. The SMILES string of the molecule is O=C(CCn1ccnc1)ON1C(=O)c2ccccc2C1=O. The van der Waals surface area contributed by atoms with Gasteiger partial charge in [-0.1, -0.05) is 17.2 Å². The molecule has 1 aliphatic heterocycles. The fourth-order valence-electron chi connectivity index (χ4n) is 2.04. The molecule has 1 aromatic heterocycles. The maximum absolute atomic E-state index is 12.0. The first-order chi connectivity index (χ1) is 10.2. The highest BCUT2D eigenvalue weighted by Crippen LogP contribution is 2.22. The van der Waals surface area contributed by atoms with E-state index in [0.29, 0.717) is 11.6 Å². The predicted molar refractivity (Wildman–Crippen MR) is 69.9 cm³/mol. The minimum absolute atomic E-state index is 0.0315. The number of benzene rings is 1. The van der Waals surface area contributed by atoms with E-state index in [1.807, 2.05) is 0 Å². The maximum Gasteiger partial charge on any atom is 0.335 e. The molecule has 0 radical (unpaired) electrons. The van der Waals surface area contributed by atoms with Gasteiger partial charge in [0.2, 0.25) is 0 Å². The highest BCUT2D eigenvalue weighted by atomic mass is 16.7. The van der Waals surface area contributed by atoms with E-state index >= 15 is 0 Å². The topological polar surface area (TPSA) is 81.5 Å². The van der Waals surface area contributed by atoms with Crippen molar-refractivity contribution in [2.45, 2.75) is 13.0 Å². The van der Waals surface area contributed by atoms with Crippen molar-refractivity contribution in [3.63, 3.8) is 0 Å². The zero-order valence-corrected chi connectivity index (χ0v) is 10.9. The zero-order valence-electron chi connectivity index (χ0n) is 10.9. The average molecular weight is 285 g/mol. The normalized spacial score (nSPS) is 13.4. The highest BCUT2D eigenvalue weighted by Gasteiger charge is 2.38. The van der Waals surface area contributed by atoms with Gasteiger partial charge in [-0.15, -0.1) is 0 Å². The Morgan fingerprint density at radius 2 is 1.81 bits per heavy atom. The van der Waals surface area contributed by atoms with Gasteiger partial charge in [-0.25, -0.2) is 9.78 Å². The van der Waals surface area contributed by atoms with E-state index in [1.54, 1.807) is 35.4 Å². The fraction of sp³-hybridized carbons (Fsp3) is 0.143. The van der Waals surface area contributed by atoms with Crippen LogP contribution < -0.4 is 0 Å². The molecule has 7 nitrogen and oxygen atoms in total. The number of hydroxylamine groups is 2. The summed E-state index contributed by atoms with van der Waals surface area (Å²) in [4.78, 5) is 44.4. The molecule has 2 amide bonds. The number of nitrogens with zero attached hydrogens (tertiary/aromatic N) is 3. The molecule has 2 heterocycles. The molecule has 0 fully saturated rings. The minimum Gasteiger partial charge on any atom is -0.337 e. The Bertz CT molecular complexity index is 674. The number of carbonyl (C=O) groups excluding carboxylic acids is 3. The lowest BCUT2D eigenvalue weighted by Gasteiger charge is -2.12. The van der Waals surface area contributed by atoms with Crippen molar-refractivity contribution in [3.05, 3.63) is 54.1 Å². The summed E-state index contributed by atoms with van der Waals surface area (Å²) < 4.78 is 1.70. The standard InChI is InChI=1S/C14H11N3O4/c18-12(5-7-16-8-6-15-9-16)21-17-13(19)10-3-1-2-4-11(10)14(17)20/h1-4,6,8-9H,5,7H2. The lowest BCUT2D eigenvalue weighted by Crippen LogP contribution is -2.32. The van der Waals surface area contributed by atoms with E-state index in [1.165, 1.54) is 12.1 Å². The van der Waals surface area contributed by atoms with Crippen LogP contribution in [-0.4, -0.2) is 32.4 Å². The second-order valence-corrected chi connectivity index (χ2v) is 4.46. The Hall–Kier alpha value is -2.96. The fourth-order valence-corrected chi connectivity index (χ4v) is 2.04. The van der Waals surface area contributed by atoms with E-state index in [4.69, 9.17) is 4.84 Å². The van der Waals surface area contributed by atoms with Crippen LogP contribution in [-0.2, 0) is 16.2 Å². The Labute approximate surface area is 119 Å². The second-order valence-electron chi connectivity index (χ2n) is 4.46. The first-order valence-electron chi connectivity index (χ1n) is 6.31. The van der Waals surface area contributed by atoms with Crippen LogP contribution in [0.4, 0.5) is 0 Å². The van der Waals surface area contributed by atoms with Crippen LogP contribution in [0.25, 0.3) is 0 Å². The van der Waals surface area contributed by atoms with Crippen molar-refractivity contribution in [1.29, 1.82) is 0 Å². The van der Waals surface area contributed by atoms with Crippen LogP contribution in [0.3, 0.4) is 0 Å². The number of rotatable bonds is 4. The molecule has 3 rings (SSSR count). The molecule has 21 heavy (non-hydrogen) atoms. The molecular weight excluding hydrogens is 274 g/mol. The summed E-state index contributed by atoms with van der Waals surface area (Å²) in [5.41, 5.74) is 0.481. The van der Waals surface area contributed by atoms with Crippen LogP contribution >= 0.6 is 0 Å². The van der Waals surface area contributed by atoms with Crippen LogP contribution in [0.1, 0.15) is 27.1 Å². The maximum atomic E-state index is 12.0. The number of aryl methyl sites for hydroxylation is 1. The number of hydrogen-bond donors (Lipinski definition) is 0. The van der Waals surface area contributed by atoms with E-state index in [0.717, 1.165) is 0 Å². The molecular formula is C14H11N3O4. The van der Waals surface area contributed by atoms with Crippen molar-refractivity contribution < 1.29 is 19.2 Å². The predicted octanol–water partition coefficient (Wildman–Crippen LogP) is 1.03. The highest BCUT2D eigenvalue weighted by molar-refractivity contribution is 6.20. The van der Waals surface area contributed by atoms with Gasteiger partial charge in [-0.3, -0.25) is 9.59 Å². The molecule has 0 unspecified atom stereocenters. The summed E-state index contributed by atoms with van der Waals surface area (Å²) in [5, 5.41) is 0.515.